The standard InChI is InChI=1S/C7H7FN2O3/c1-13-7-2-5(4-10(11)12)6(8)3-9-7/h2-3H,4H2,1H3. The topological polar surface area (TPSA) is 65.3 Å². The second kappa shape index (κ2) is 3.79. The Labute approximate surface area is 73.3 Å². The van der Waals surface area contributed by atoms with Crippen LogP contribution in [-0.4, -0.2) is 17.0 Å². The Morgan fingerprint density at radius 2 is 2.46 bits per heavy atom. The average molecular weight is 186 g/mol. The van der Waals surface area contributed by atoms with Gasteiger partial charge in [0.25, 0.3) is 0 Å². The quantitative estimate of drug-likeness (QED) is 0.521. The second-order valence-electron chi connectivity index (χ2n) is 2.31. The largest absolute Gasteiger partial charge is 0.481 e. The Hall–Kier alpha value is -1.72. The summed E-state index contributed by atoms with van der Waals surface area (Å²) in [6.45, 7) is -0.565. The number of hydrogen-bond donors (Lipinski definition) is 0. The van der Waals surface area contributed by atoms with Crippen molar-refractivity contribution in [1.29, 1.82) is 0 Å². The molecule has 1 aromatic rings. The number of hydrogen-bond acceptors (Lipinski definition) is 4. The molecule has 0 fully saturated rings. The van der Waals surface area contributed by atoms with Gasteiger partial charge in [-0.15, -0.1) is 0 Å². The van der Waals surface area contributed by atoms with Crippen LogP contribution in [0.15, 0.2) is 12.3 Å². The summed E-state index contributed by atoms with van der Waals surface area (Å²) >= 11 is 0. The van der Waals surface area contributed by atoms with Gasteiger partial charge in [-0.2, -0.15) is 0 Å². The van der Waals surface area contributed by atoms with Crippen molar-refractivity contribution < 1.29 is 14.1 Å². The van der Waals surface area contributed by atoms with Crippen LogP contribution in [0, 0.1) is 15.9 Å². The first-order valence-electron chi connectivity index (χ1n) is 3.43. The summed E-state index contributed by atoms with van der Waals surface area (Å²) in [5.41, 5.74) is -0.0307. The van der Waals surface area contributed by atoms with Crippen molar-refractivity contribution in [2.24, 2.45) is 0 Å². The maximum atomic E-state index is 12.8. The van der Waals surface area contributed by atoms with Gasteiger partial charge in [-0.05, 0) is 0 Å². The van der Waals surface area contributed by atoms with Gasteiger partial charge in [0.15, 0.2) is 5.82 Å². The lowest BCUT2D eigenvalue weighted by Crippen LogP contribution is -2.02. The maximum absolute atomic E-state index is 12.8. The van der Waals surface area contributed by atoms with E-state index in [4.69, 9.17) is 4.74 Å². The van der Waals surface area contributed by atoms with Crippen molar-refractivity contribution in [2.45, 2.75) is 6.54 Å². The Balaban J connectivity index is 2.96. The third-order valence-corrected chi connectivity index (χ3v) is 1.42. The summed E-state index contributed by atoms with van der Waals surface area (Å²) in [5, 5.41) is 10.1. The zero-order valence-electron chi connectivity index (χ0n) is 6.86. The molecule has 0 atom stereocenters. The normalized spacial score (nSPS) is 9.69. The Morgan fingerprint density at radius 3 is 3.00 bits per heavy atom. The molecule has 0 saturated carbocycles. The number of aromatic nitrogens is 1. The molecule has 0 saturated heterocycles. The lowest BCUT2D eigenvalue weighted by molar-refractivity contribution is -0.497. The van der Waals surface area contributed by atoms with Gasteiger partial charge in [0.2, 0.25) is 12.4 Å². The van der Waals surface area contributed by atoms with E-state index in [1.165, 1.54) is 13.2 Å². The van der Waals surface area contributed by atoms with Crippen LogP contribution in [0.3, 0.4) is 0 Å². The highest BCUT2D eigenvalue weighted by molar-refractivity contribution is 5.21. The SMILES string of the molecule is COc1cc(C[N+](=O)[O-])c(F)cn1. The van der Waals surface area contributed by atoms with E-state index in [2.05, 4.69) is 4.98 Å². The summed E-state index contributed by atoms with van der Waals surface area (Å²) in [5.74, 6) is -0.532. The van der Waals surface area contributed by atoms with Crippen molar-refractivity contribution in [2.75, 3.05) is 7.11 Å². The first-order chi connectivity index (χ1) is 6.13. The minimum atomic E-state index is -0.697. The molecule has 5 nitrogen and oxygen atoms in total. The van der Waals surface area contributed by atoms with Crippen LogP contribution in [0.4, 0.5) is 4.39 Å². The number of rotatable bonds is 3. The van der Waals surface area contributed by atoms with Crippen LogP contribution < -0.4 is 4.74 Å². The van der Waals surface area contributed by atoms with Crippen molar-refractivity contribution in [3.05, 3.63) is 33.8 Å². The molecule has 1 rings (SSSR count). The monoisotopic (exact) mass is 186 g/mol. The zero-order chi connectivity index (χ0) is 9.84. The average Bonchev–Trinajstić information content (AvgIpc) is 2.08. The van der Waals surface area contributed by atoms with Crippen LogP contribution in [0.25, 0.3) is 0 Å². The van der Waals surface area contributed by atoms with Crippen LogP contribution in [0.2, 0.25) is 0 Å². The van der Waals surface area contributed by atoms with Crippen molar-refractivity contribution in [3.8, 4) is 5.88 Å². The highest BCUT2D eigenvalue weighted by Gasteiger charge is 2.10. The molecule has 0 spiro atoms. The molecule has 0 aromatic carbocycles. The Kier molecular flexibility index (Phi) is 2.73. The van der Waals surface area contributed by atoms with E-state index in [0.717, 1.165) is 6.20 Å². The molecular formula is C7H7FN2O3. The van der Waals surface area contributed by atoms with Gasteiger partial charge in [-0.3, -0.25) is 10.1 Å². The predicted molar refractivity (Wildman–Crippen MR) is 41.4 cm³/mol. The summed E-state index contributed by atoms with van der Waals surface area (Å²) < 4.78 is 17.5. The maximum Gasteiger partial charge on any atom is 0.232 e. The fourth-order valence-electron chi connectivity index (χ4n) is 0.830. The molecule has 0 unspecified atom stereocenters. The van der Waals surface area contributed by atoms with Crippen molar-refractivity contribution in [1.82, 2.24) is 4.98 Å². The molecule has 0 bridgehead atoms. The summed E-state index contributed by atoms with van der Waals surface area (Å²) in [6, 6.07) is 1.21. The molecule has 1 heterocycles. The third kappa shape index (κ3) is 2.36. The number of halogens is 1. The van der Waals surface area contributed by atoms with Crippen molar-refractivity contribution >= 4 is 0 Å². The summed E-state index contributed by atoms with van der Waals surface area (Å²) in [4.78, 5) is 13.0. The van der Waals surface area contributed by atoms with E-state index in [9.17, 15) is 14.5 Å². The van der Waals surface area contributed by atoms with E-state index >= 15 is 0 Å². The lowest BCUT2D eigenvalue weighted by atomic mass is 10.2. The molecule has 0 aliphatic rings. The first-order valence-corrected chi connectivity index (χ1v) is 3.43. The van der Waals surface area contributed by atoms with Gasteiger partial charge in [0.1, 0.15) is 0 Å². The molecule has 0 amide bonds. The molecular weight excluding hydrogens is 179 g/mol. The van der Waals surface area contributed by atoms with Gasteiger partial charge < -0.3 is 4.74 Å². The highest BCUT2D eigenvalue weighted by Crippen LogP contribution is 2.13. The molecule has 0 aliphatic carbocycles. The Morgan fingerprint density at radius 1 is 1.77 bits per heavy atom. The summed E-state index contributed by atoms with van der Waals surface area (Å²) in [6.07, 6.45) is 0.900. The van der Waals surface area contributed by atoms with E-state index in [1.54, 1.807) is 0 Å². The van der Waals surface area contributed by atoms with Gasteiger partial charge >= 0.3 is 0 Å². The lowest BCUT2D eigenvalue weighted by Gasteiger charge is -2.00. The van der Waals surface area contributed by atoms with Gasteiger partial charge in [0.05, 0.1) is 18.9 Å². The molecule has 1 aromatic heterocycles. The van der Waals surface area contributed by atoms with Gasteiger partial charge in [-0.1, -0.05) is 0 Å². The minimum Gasteiger partial charge on any atom is -0.481 e. The van der Waals surface area contributed by atoms with Crippen LogP contribution >= 0.6 is 0 Å². The van der Waals surface area contributed by atoms with Gasteiger partial charge in [0, 0.05) is 11.0 Å². The molecule has 0 aliphatic heterocycles. The molecule has 6 heteroatoms. The van der Waals surface area contributed by atoms with E-state index in [1.807, 2.05) is 0 Å². The Bertz CT molecular complexity index is 330. The van der Waals surface area contributed by atoms with Crippen LogP contribution in [0.1, 0.15) is 5.56 Å². The van der Waals surface area contributed by atoms with Crippen molar-refractivity contribution in [3.63, 3.8) is 0 Å². The summed E-state index contributed by atoms with van der Waals surface area (Å²) in [7, 11) is 1.36. The van der Waals surface area contributed by atoms with E-state index < -0.39 is 17.3 Å². The highest BCUT2D eigenvalue weighted by atomic mass is 19.1. The number of methoxy groups -OCH3 is 1. The first kappa shape index (κ1) is 9.37. The number of ether oxygens (including phenoxy) is 1. The molecule has 13 heavy (non-hydrogen) atoms. The minimum absolute atomic E-state index is 0.0307. The number of nitro groups is 1. The third-order valence-electron chi connectivity index (χ3n) is 1.42. The van der Waals surface area contributed by atoms with Gasteiger partial charge in [-0.25, -0.2) is 9.37 Å². The second-order valence-corrected chi connectivity index (χ2v) is 2.31. The number of nitrogens with zero attached hydrogens (tertiary/aromatic N) is 2. The fourth-order valence-corrected chi connectivity index (χ4v) is 0.830. The molecule has 70 valence electrons. The zero-order valence-corrected chi connectivity index (χ0v) is 6.86. The predicted octanol–water partition coefficient (Wildman–Crippen LogP) is 1.01. The fraction of sp³-hybridized carbons (Fsp3) is 0.286. The van der Waals surface area contributed by atoms with E-state index in [-0.39, 0.29) is 11.4 Å². The molecule has 0 radical (unpaired) electrons. The van der Waals surface area contributed by atoms with Crippen LogP contribution in [0.5, 0.6) is 5.88 Å². The smallest absolute Gasteiger partial charge is 0.232 e. The van der Waals surface area contributed by atoms with Crippen LogP contribution in [-0.2, 0) is 6.54 Å². The van der Waals surface area contributed by atoms with E-state index in [0.29, 0.717) is 0 Å². The molecule has 0 N–H and O–H groups in total. The number of pyridine rings is 1.